The van der Waals surface area contributed by atoms with Crippen LogP contribution in [-0.4, -0.2) is 29.8 Å². The predicted molar refractivity (Wildman–Crippen MR) is 80.8 cm³/mol. The smallest absolute Gasteiger partial charge is 0.223 e. The van der Waals surface area contributed by atoms with Crippen LogP contribution in [0.3, 0.4) is 0 Å². The van der Waals surface area contributed by atoms with Gasteiger partial charge in [-0.2, -0.15) is 0 Å². The number of hydrogen-bond donors (Lipinski definition) is 2. The molecule has 0 atom stereocenters. The number of amides is 1. The van der Waals surface area contributed by atoms with E-state index < -0.39 is 5.60 Å². The van der Waals surface area contributed by atoms with Crippen molar-refractivity contribution < 1.29 is 14.6 Å². The molecule has 2 rings (SSSR count). The zero-order valence-electron chi connectivity index (χ0n) is 11.6. The van der Waals surface area contributed by atoms with Crippen molar-refractivity contribution in [3.05, 3.63) is 28.2 Å². The highest BCUT2D eigenvalue weighted by Gasteiger charge is 2.34. The van der Waals surface area contributed by atoms with Crippen LogP contribution in [0.15, 0.2) is 22.7 Å². The molecule has 0 unspecified atom stereocenters. The first kappa shape index (κ1) is 15.3. The molecule has 4 nitrogen and oxygen atoms in total. The summed E-state index contributed by atoms with van der Waals surface area (Å²) in [5, 5.41) is 12.6. The molecule has 0 radical (unpaired) electrons. The molecule has 1 aliphatic carbocycles. The second-order valence-electron chi connectivity index (χ2n) is 5.39. The minimum atomic E-state index is -0.670. The zero-order valence-corrected chi connectivity index (χ0v) is 13.2. The maximum absolute atomic E-state index is 11.6. The number of carbonyl (C=O) groups excluding carboxylic acids is 1. The number of hydrogen-bond acceptors (Lipinski definition) is 3. The molecule has 5 heteroatoms. The summed E-state index contributed by atoms with van der Waals surface area (Å²) in [5.41, 5.74) is 0.479. The highest BCUT2D eigenvalue weighted by atomic mass is 79.9. The number of nitrogens with one attached hydrogen (secondary N) is 1. The molecule has 110 valence electrons. The molecule has 0 heterocycles. The summed E-state index contributed by atoms with van der Waals surface area (Å²) in [5.74, 6) is 0.648. The van der Waals surface area contributed by atoms with Gasteiger partial charge in [-0.1, -0.05) is 6.07 Å². The lowest BCUT2D eigenvalue weighted by molar-refractivity contribution is -0.124. The lowest BCUT2D eigenvalue weighted by Crippen LogP contribution is -2.47. The van der Waals surface area contributed by atoms with Crippen molar-refractivity contribution >= 4 is 21.8 Å². The Morgan fingerprint density at radius 3 is 2.85 bits per heavy atom. The number of aliphatic hydroxyl groups is 1. The summed E-state index contributed by atoms with van der Waals surface area (Å²) in [6.45, 7) is 2.68. The van der Waals surface area contributed by atoms with Crippen LogP contribution >= 0.6 is 15.9 Å². The van der Waals surface area contributed by atoms with Gasteiger partial charge >= 0.3 is 0 Å². The fraction of sp³-hybridized carbons (Fsp3) is 0.533. The first-order valence-electron chi connectivity index (χ1n) is 6.87. The minimum Gasteiger partial charge on any atom is -0.492 e. The molecule has 0 aliphatic heterocycles. The predicted octanol–water partition coefficient (Wildman–Crippen LogP) is 2.56. The van der Waals surface area contributed by atoms with E-state index in [0.717, 1.165) is 35.0 Å². The fourth-order valence-electron chi connectivity index (χ4n) is 2.09. The van der Waals surface area contributed by atoms with Gasteiger partial charge in [0, 0.05) is 6.54 Å². The molecule has 1 aliphatic rings. The molecule has 1 aromatic carbocycles. The summed E-state index contributed by atoms with van der Waals surface area (Å²) in [7, 11) is 0. The molecule has 1 aromatic rings. The van der Waals surface area contributed by atoms with E-state index in [1.54, 1.807) is 0 Å². The van der Waals surface area contributed by atoms with Crippen LogP contribution < -0.4 is 10.1 Å². The molecular formula is C15H20BrNO3. The Kier molecular flexibility index (Phi) is 5.05. The van der Waals surface area contributed by atoms with Gasteiger partial charge in [-0.05, 0) is 59.8 Å². The monoisotopic (exact) mass is 341 g/mol. The molecule has 1 fully saturated rings. The average molecular weight is 342 g/mol. The van der Waals surface area contributed by atoms with Gasteiger partial charge in [-0.25, -0.2) is 0 Å². The minimum absolute atomic E-state index is 0.0893. The second-order valence-corrected chi connectivity index (χ2v) is 6.24. The highest BCUT2D eigenvalue weighted by Crippen LogP contribution is 2.30. The SMILES string of the molecule is Cc1ccc(OCCC(=O)NCC2(O)CCC2)c(Br)c1. The van der Waals surface area contributed by atoms with Crippen LogP contribution in [0.2, 0.25) is 0 Å². The molecule has 20 heavy (non-hydrogen) atoms. The Hall–Kier alpha value is -1.07. The average Bonchev–Trinajstić information content (AvgIpc) is 2.37. The molecule has 0 saturated heterocycles. The molecule has 0 spiro atoms. The van der Waals surface area contributed by atoms with Gasteiger partial charge in [0.1, 0.15) is 5.75 Å². The standard InChI is InChI=1S/C15H20BrNO3/c1-11-3-4-13(12(16)9-11)20-8-5-14(18)17-10-15(19)6-2-7-15/h3-4,9,19H,2,5-8,10H2,1H3,(H,17,18). The first-order chi connectivity index (χ1) is 9.48. The Bertz CT molecular complexity index is 486. The number of halogens is 1. The molecular weight excluding hydrogens is 322 g/mol. The number of ether oxygens (including phenoxy) is 1. The van der Waals surface area contributed by atoms with Crippen molar-refractivity contribution in [1.29, 1.82) is 0 Å². The van der Waals surface area contributed by atoms with E-state index in [-0.39, 0.29) is 12.3 Å². The van der Waals surface area contributed by atoms with Gasteiger partial charge in [-0.15, -0.1) is 0 Å². The number of rotatable bonds is 6. The molecule has 0 bridgehead atoms. The Morgan fingerprint density at radius 2 is 2.25 bits per heavy atom. The van der Waals surface area contributed by atoms with Crippen LogP contribution in [0.4, 0.5) is 0 Å². The summed E-state index contributed by atoms with van der Waals surface area (Å²) in [6.07, 6.45) is 2.88. The fourth-order valence-corrected chi connectivity index (χ4v) is 2.70. The van der Waals surface area contributed by atoms with Gasteiger partial charge in [0.15, 0.2) is 0 Å². The largest absolute Gasteiger partial charge is 0.492 e. The van der Waals surface area contributed by atoms with Crippen molar-refractivity contribution in [2.24, 2.45) is 0 Å². The zero-order chi connectivity index (χ0) is 14.6. The number of aryl methyl sites for hydroxylation is 1. The van der Waals surface area contributed by atoms with Gasteiger partial charge in [0.2, 0.25) is 5.91 Å². The summed E-state index contributed by atoms with van der Waals surface area (Å²) < 4.78 is 6.45. The van der Waals surface area contributed by atoms with Crippen LogP contribution in [0.25, 0.3) is 0 Å². The van der Waals surface area contributed by atoms with Gasteiger partial charge < -0.3 is 15.2 Å². The van der Waals surface area contributed by atoms with Crippen molar-refractivity contribution in [2.75, 3.05) is 13.2 Å². The molecule has 1 amide bonds. The quantitative estimate of drug-likeness (QED) is 0.835. The number of benzene rings is 1. The third kappa shape index (κ3) is 4.21. The van der Waals surface area contributed by atoms with Crippen molar-refractivity contribution in [3.8, 4) is 5.75 Å². The third-order valence-electron chi connectivity index (χ3n) is 3.57. The molecule has 1 saturated carbocycles. The molecule has 2 N–H and O–H groups in total. The summed E-state index contributed by atoms with van der Waals surface area (Å²) in [6, 6.07) is 5.82. The van der Waals surface area contributed by atoms with E-state index in [1.807, 2.05) is 25.1 Å². The second kappa shape index (κ2) is 6.59. The molecule has 0 aromatic heterocycles. The Labute approximate surface area is 127 Å². The van der Waals surface area contributed by atoms with Crippen molar-refractivity contribution in [3.63, 3.8) is 0 Å². The van der Waals surface area contributed by atoms with E-state index in [0.29, 0.717) is 13.2 Å². The van der Waals surface area contributed by atoms with Gasteiger partial charge in [0.25, 0.3) is 0 Å². The maximum atomic E-state index is 11.6. The Morgan fingerprint density at radius 1 is 1.50 bits per heavy atom. The maximum Gasteiger partial charge on any atom is 0.223 e. The number of carbonyl (C=O) groups is 1. The Balaban J connectivity index is 1.68. The van der Waals surface area contributed by atoms with E-state index in [1.165, 1.54) is 0 Å². The van der Waals surface area contributed by atoms with Crippen molar-refractivity contribution in [2.45, 2.75) is 38.2 Å². The van der Waals surface area contributed by atoms with E-state index in [9.17, 15) is 9.90 Å². The van der Waals surface area contributed by atoms with Crippen molar-refractivity contribution in [1.82, 2.24) is 5.32 Å². The van der Waals surface area contributed by atoms with E-state index in [4.69, 9.17) is 4.74 Å². The van der Waals surface area contributed by atoms with Gasteiger partial charge in [0.05, 0.1) is 23.1 Å². The topological polar surface area (TPSA) is 58.6 Å². The van der Waals surface area contributed by atoms with E-state index >= 15 is 0 Å². The van der Waals surface area contributed by atoms with Crippen LogP contribution in [0.1, 0.15) is 31.2 Å². The highest BCUT2D eigenvalue weighted by molar-refractivity contribution is 9.10. The van der Waals surface area contributed by atoms with Crippen LogP contribution in [-0.2, 0) is 4.79 Å². The van der Waals surface area contributed by atoms with Gasteiger partial charge in [-0.3, -0.25) is 4.79 Å². The van der Waals surface area contributed by atoms with Crippen LogP contribution in [0.5, 0.6) is 5.75 Å². The summed E-state index contributed by atoms with van der Waals surface area (Å²) in [4.78, 5) is 11.6. The lowest BCUT2D eigenvalue weighted by atomic mass is 9.80. The third-order valence-corrected chi connectivity index (χ3v) is 4.19. The lowest BCUT2D eigenvalue weighted by Gasteiger charge is -2.36. The van der Waals surface area contributed by atoms with E-state index in [2.05, 4.69) is 21.2 Å². The first-order valence-corrected chi connectivity index (χ1v) is 7.66. The normalized spacial score (nSPS) is 16.4. The summed E-state index contributed by atoms with van der Waals surface area (Å²) >= 11 is 3.43. The van der Waals surface area contributed by atoms with Crippen LogP contribution in [0, 0.1) is 6.92 Å².